The van der Waals surface area contributed by atoms with Crippen LogP contribution in [-0.2, 0) is 12.8 Å². The molecule has 0 aromatic heterocycles. The van der Waals surface area contributed by atoms with Crippen LogP contribution in [0.4, 0.5) is 0 Å². The fourth-order valence-corrected chi connectivity index (χ4v) is 5.51. The van der Waals surface area contributed by atoms with E-state index in [1.807, 2.05) is 48.5 Å². The Hall–Kier alpha value is -3.40. The van der Waals surface area contributed by atoms with E-state index in [9.17, 15) is 14.7 Å². The summed E-state index contributed by atoms with van der Waals surface area (Å²) in [5, 5.41) is 9.92. The molecule has 42 heavy (non-hydrogen) atoms. The molecule has 0 bridgehead atoms. The van der Waals surface area contributed by atoms with E-state index in [0.717, 1.165) is 25.7 Å². The van der Waals surface area contributed by atoms with Gasteiger partial charge in [0, 0.05) is 5.56 Å². The Labute approximate surface area is 253 Å². The van der Waals surface area contributed by atoms with Gasteiger partial charge in [-0.3, -0.25) is 0 Å². The van der Waals surface area contributed by atoms with Gasteiger partial charge in [0.25, 0.3) is 0 Å². The standard InChI is InChI=1S/C38H50O4/c1-3-5-7-9-11-13-15-18-30-22-26-32(27-23-30)36-34(37(39)40)20-17-21-35(36)38(41)42-33-28-24-31(25-29-33)19-16-14-12-10-8-6-4-2/h17,20-29H,3-16,18-19H2,1-2H3,(H,39,40). The molecule has 3 aromatic rings. The minimum Gasteiger partial charge on any atom is -0.478 e. The number of benzene rings is 3. The van der Waals surface area contributed by atoms with E-state index in [-0.39, 0.29) is 11.1 Å². The first-order chi connectivity index (χ1) is 20.5. The molecule has 4 nitrogen and oxygen atoms in total. The van der Waals surface area contributed by atoms with Crippen LogP contribution in [0.25, 0.3) is 11.1 Å². The van der Waals surface area contributed by atoms with Crippen LogP contribution in [0, 0.1) is 0 Å². The van der Waals surface area contributed by atoms with Gasteiger partial charge >= 0.3 is 11.9 Å². The lowest BCUT2D eigenvalue weighted by molar-refractivity contribution is 0.0697. The molecule has 0 heterocycles. The fraction of sp³-hybridized carbons (Fsp3) is 0.474. The molecule has 226 valence electrons. The number of carbonyl (C=O) groups is 2. The minimum atomic E-state index is -1.07. The molecular formula is C38H50O4. The summed E-state index contributed by atoms with van der Waals surface area (Å²) in [6.45, 7) is 4.48. The SMILES string of the molecule is CCCCCCCCCc1ccc(OC(=O)c2cccc(C(=O)O)c2-c2ccc(CCCCCCCCC)cc2)cc1. The first kappa shape index (κ1) is 33.1. The van der Waals surface area contributed by atoms with Gasteiger partial charge in [-0.15, -0.1) is 0 Å². The van der Waals surface area contributed by atoms with Gasteiger partial charge in [-0.1, -0.05) is 133 Å². The Kier molecular flexibility index (Phi) is 14.9. The zero-order valence-electron chi connectivity index (χ0n) is 25.8. The van der Waals surface area contributed by atoms with Crippen LogP contribution in [0.3, 0.4) is 0 Å². The molecule has 0 amide bonds. The number of hydrogen-bond acceptors (Lipinski definition) is 3. The second kappa shape index (κ2) is 18.9. The Bertz CT molecular complexity index is 1210. The average Bonchev–Trinajstić information content (AvgIpc) is 3.01. The molecule has 3 aromatic carbocycles. The summed E-state index contributed by atoms with van der Waals surface area (Å²) in [6, 6.07) is 20.4. The number of carboxylic acid groups (broad SMARTS) is 1. The van der Waals surface area contributed by atoms with Crippen molar-refractivity contribution in [3.8, 4) is 16.9 Å². The highest BCUT2D eigenvalue weighted by atomic mass is 16.5. The Balaban J connectivity index is 1.61. The number of rotatable bonds is 20. The Morgan fingerprint density at radius 3 is 1.52 bits per heavy atom. The molecule has 0 unspecified atom stereocenters. The first-order valence-electron chi connectivity index (χ1n) is 16.3. The van der Waals surface area contributed by atoms with Gasteiger partial charge in [-0.25, -0.2) is 9.59 Å². The van der Waals surface area contributed by atoms with E-state index in [4.69, 9.17) is 4.74 Å². The lowest BCUT2D eigenvalue weighted by Crippen LogP contribution is -2.13. The van der Waals surface area contributed by atoms with Crippen molar-refractivity contribution in [2.45, 2.75) is 117 Å². The fourth-order valence-electron chi connectivity index (χ4n) is 5.51. The van der Waals surface area contributed by atoms with Crippen LogP contribution in [0.2, 0.25) is 0 Å². The van der Waals surface area contributed by atoms with Crippen LogP contribution in [-0.4, -0.2) is 17.0 Å². The maximum atomic E-state index is 13.3. The molecule has 0 aliphatic carbocycles. The second-order valence-corrected chi connectivity index (χ2v) is 11.5. The van der Waals surface area contributed by atoms with E-state index in [1.165, 1.54) is 88.2 Å². The van der Waals surface area contributed by atoms with E-state index < -0.39 is 11.9 Å². The van der Waals surface area contributed by atoms with E-state index >= 15 is 0 Å². The van der Waals surface area contributed by atoms with Gasteiger partial charge in [0.1, 0.15) is 5.75 Å². The second-order valence-electron chi connectivity index (χ2n) is 11.5. The molecule has 0 aliphatic rings. The van der Waals surface area contributed by atoms with Gasteiger partial charge < -0.3 is 9.84 Å². The summed E-state index contributed by atoms with van der Waals surface area (Å²) in [7, 11) is 0. The molecule has 0 saturated heterocycles. The Morgan fingerprint density at radius 2 is 1.02 bits per heavy atom. The number of aryl methyl sites for hydroxylation is 2. The molecule has 1 N–H and O–H groups in total. The third-order valence-corrected chi connectivity index (χ3v) is 8.03. The van der Waals surface area contributed by atoms with Crippen LogP contribution in [0.15, 0.2) is 66.7 Å². The summed E-state index contributed by atoms with van der Waals surface area (Å²) < 4.78 is 5.73. The maximum absolute atomic E-state index is 13.3. The highest BCUT2D eigenvalue weighted by Crippen LogP contribution is 2.30. The highest BCUT2D eigenvalue weighted by Gasteiger charge is 2.21. The molecule has 0 fully saturated rings. The van der Waals surface area contributed by atoms with Crippen molar-refractivity contribution >= 4 is 11.9 Å². The maximum Gasteiger partial charge on any atom is 0.344 e. The lowest BCUT2D eigenvalue weighted by atomic mass is 9.93. The number of aromatic carboxylic acids is 1. The number of carbonyl (C=O) groups excluding carboxylic acids is 1. The van der Waals surface area contributed by atoms with Crippen LogP contribution >= 0.6 is 0 Å². The van der Waals surface area contributed by atoms with E-state index in [0.29, 0.717) is 16.9 Å². The Morgan fingerprint density at radius 1 is 0.571 bits per heavy atom. The monoisotopic (exact) mass is 570 g/mol. The number of esters is 1. The van der Waals surface area contributed by atoms with Gasteiger partial charge in [-0.05, 0) is 66.6 Å². The molecule has 0 saturated carbocycles. The first-order valence-corrected chi connectivity index (χ1v) is 16.3. The van der Waals surface area contributed by atoms with Gasteiger partial charge in [0.05, 0.1) is 11.1 Å². The molecule has 0 aliphatic heterocycles. The van der Waals surface area contributed by atoms with Crippen LogP contribution in [0.5, 0.6) is 5.75 Å². The largest absolute Gasteiger partial charge is 0.478 e. The summed E-state index contributed by atoms with van der Waals surface area (Å²) >= 11 is 0. The normalized spacial score (nSPS) is 11.0. The van der Waals surface area contributed by atoms with Crippen molar-refractivity contribution in [1.29, 1.82) is 0 Å². The summed E-state index contributed by atoms with van der Waals surface area (Å²) in [5.41, 5.74) is 3.90. The van der Waals surface area contributed by atoms with Crippen molar-refractivity contribution in [3.05, 3.63) is 89.0 Å². The van der Waals surface area contributed by atoms with Gasteiger partial charge in [0.2, 0.25) is 0 Å². The highest BCUT2D eigenvalue weighted by molar-refractivity contribution is 6.06. The quantitative estimate of drug-likeness (QED) is 0.0833. The molecule has 0 radical (unpaired) electrons. The predicted octanol–water partition coefficient (Wildman–Crippen LogP) is 10.9. The number of carboxylic acids is 1. The van der Waals surface area contributed by atoms with Crippen LogP contribution in [0.1, 0.15) is 136 Å². The molecular weight excluding hydrogens is 520 g/mol. The zero-order chi connectivity index (χ0) is 30.0. The molecule has 0 spiro atoms. The number of unbranched alkanes of at least 4 members (excludes halogenated alkanes) is 12. The van der Waals surface area contributed by atoms with Crippen molar-refractivity contribution in [3.63, 3.8) is 0 Å². The smallest absolute Gasteiger partial charge is 0.344 e. The van der Waals surface area contributed by atoms with Crippen molar-refractivity contribution in [1.82, 2.24) is 0 Å². The lowest BCUT2D eigenvalue weighted by Gasteiger charge is -2.13. The molecule has 4 heteroatoms. The predicted molar refractivity (Wildman–Crippen MR) is 174 cm³/mol. The van der Waals surface area contributed by atoms with Gasteiger partial charge in [-0.2, -0.15) is 0 Å². The van der Waals surface area contributed by atoms with E-state index in [1.54, 1.807) is 18.2 Å². The van der Waals surface area contributed by atoms with Crippen molar-refractivity contribution in [2.75, 3.05) is 0 Å². The minimum absolute atomic E-state index is 0.0920. The van der Waals surface area contributed by atoms with Crippen molar-refractivity contribution < 1.29 is 19.4 Å². The van der Waals surface area contributed by atoms with Gasteiger partial charge in [0.15, 0.2) is 0 Å². The van der Waals surface area contributed by atoms with E-state index in [2.05, 4.69) is 13.8 Å². The molecule has 0 atom stereocenters. The number of hydrogen-bond donors (Lipinski definition) is 1. The average molecular weight is 571 g/mol. The third-order valence-electron chi connectivity index (χ3n) is 8.03. The zero-order valence-corrected chi connectivity index (χ0v) is 25.8. The van der Waals surface area contributed by atoms with Crippen LogP contribution < -0.4 is 4.74 Å². The number of ether oxygens (including phenoxy) is 1. The molecule has 3 rings (SSSR count). The summed E-state index contributed by atoms with van der Waals surface area (Å²) in [5.74, 6) is -1.17. The summed E-state index contributed by atoms with van der Waals surface area (Å²) in [6.07, 6.45) is 19.8. The van der Waals surface area contributed by atoms with Crippen molar-refractivity contribution in [2.24, 2.45) is 0 Å². The summed E-state index contributed by atoms with van der Waals surface area (Å²) in [4.78, 5) is 25.4. The third kappa shape index (κ3) is 11.1. The topological polar surface area (TPSA) is 63.6 Å².